The second-order valence-corrected chi connectivity index (χ2v) is 5.34. The van der Waals surface area contributed by atoms with Crippen LogP contribution in [-0.2, 0) is 13.0 Å². The fraction of sp³-hybridized carbons (Fsp3) is 0.333. The first-order valence-corrected chi connectivity index (χ1v) is 7.42. The van der Waals surface area contributed by atoms with Crippen LogP contribution in [-0.4, -0.2) is 17.0 Å². The third kappa shape index (κ3) is 3.70. The maximum Gasteiger partial charge on any atom is 0.222 e. The molecule has 2 rings (SSSR count). The molecule has 0 aliphatic heterocycles. The molecule has 0 amide bonds. The first-order valence-electron chi connectivity index (χ1n) is 6.63. The number of hydrogen-bond acceptors (Lipinski definition) is 4. The number of rotatable bonds is 6. The van der Waals surface area contributed by atoms with Gasteiger partial charge in [-0.05, 0) is 24.1 Å². The van der Waals surface area contributed by atoms with Crippen molar-refractivity contribution >= 4 is 21.7 Å². The lowest BCUT2D eigenvalue weighted by Crippen LogP contribution is -2.05. The highest BCUT2D eigenvalue weighted by Gasteiger charge is 2.11. The van der Waals surface area contributed by atoms with E-state index in [4.69, 9.17) is 4.74 Å². The molecule has 0 radical (unpaired) electrons. The van der Waals surface area contributed by atoms with Gasteiger partial charge in [0, 0.05) is 11.5 Å². The molecule has 1 aromatic heterocycles. The van der Waals surface area contributed by atoms with Gasteiger partial charge in [0.1, 0.15) is 18.8 Å². The molecule has 0 bridgehead atoms. The Morgan fingerprint density at radius 3 is 2.85 bits per heavy atom. The highest BCUT2D eigenvalue weighted by atomic mass is 79.9. The summed E-state index contributed by atoms with van der Waals surface area (Å²) in [5.41, 5.74) is 2.14. The minimum atomic E-state index is 0.496. The first kappa shape index (κ1) is 14.8. The van der Waals surface area contributed by atoms with E-state index in [1.54, 1.807) is 0 Å². The zero-order valence-electron chi connectivity index (χ0n) is 11.7. The van der Waals surface area contributed by atoms with Crippen LogP contribution in [0.1, 0.15) is 24.5 Å². The minimum Gasteiger partial charge on any atom is -0.472 e. The SMILES string of the molecule is CCCc1c(NC)ncnc1OCc1cccc(Br)c1. The molecule has 2 aromatic rings. The molecule has 5 heteroatoms. The smallest absolute Gasteiger partial charge is 0.222 e. The van der Waals surface area contributed by atoms with Gasteiger partial charge in [-0.3, -0.25) is 0 Å². The van der Waals surface area contributed by atoms with Crippen molar-refractivity contribution in [2.45, 2.75) is 26.4 Å². The summed E-state index contributed by atoms with van der Waals surface area (Å²) in [6.07, 6.45) is 3.45. The van der Waals surface area contributed by atoms with Crippen LogP contribution in [0.4, 0.5) is 5.82 Å². The first-order chi connectivity index (χ1) is 9.74. The van der Waals surface area contributed by atoms with Crippen LogP contribution < -0.4 is 10.1 Å². The second kappa shape index (κ2) is 7.24. The van der Waals surface area contributed by atoms with Crippen molar-refractivity contribution in [1.82, 2.24) is 9.97 Å². The molecule has 0 atom stereocenters. The summed E-state index contributed by atoms with van der Waals surface area (Å²) in [6, 6.07) is 8.06. The molecule has 1 aromatic carbocycles. The lowest BCUT2D eigenvalue weighted by molar-refractivity contribution is 0.290. The molecule has 0 aliphatic carbocycles. The summed E-state index contributed by atoms with van der Waals surface area (Å²) in [4.78, 5) is 8.49. The largest absolute Gasteiger partial charge is 0.472 e. The number of anilines is 1. The average molecular weight is 336 g/mol. The molecule has 0 unspecified atom stereocenters. The van der Waals surface area contributed by atoms with Gasteiger partial charge in [-0.1, -0.05) is 41.4 Å². The maximum absolute atomic E-state index is 5.86. The Morgan fingerprint density at radius 2 is 2.15 bits per heavy atom. The Balaban J connectivity index is 2.16. The summed E-state index contributed by atoms with van der Waals surface area (Å²) in [6.45, 7) is 2.63. The number of aromatic nitrogens is 2. The second-order valence-electron chi connectivity index (χ2n) is 4.42. The van der Waals surface area contributed by atoms with Crippen LogP contribution in [0, 0.1) is 0 Å². The van der Waals surface area contributed by atoms with Gasteiger partial charge in [0.05, 0.1) is 5.56 Å². The van der Waals surface area contributed by atoms with Gasteiger partial charge in [0.2, 0.25) is 5.88 Å². The van der Waals surface area contributed by atoms with Crippen molar-refractivity contribution < 1.29 is 4.74 Å². The summed E-state index contributed by atoms with van der Waals surface area (Å²) in [5.74, 6) is 1.50. The Hall–Kier alpha value is -1.62. The van der Waals surface area contributed by atoms with E-state index < -0.39 is 0 Å². The van der Waals surface area contributed by atoms with Crippen molar-refractivity contribution in [2.24, 2.45) is 0 Å². The lowest BCUT2D eigenvalue weighted by atomic mass is 10.1. The fourth-order valence-electron chi connectivity index (χ4n) is 1.99. The summed E-state index contributed by atoms with van der Waals surface area (Å²) in [7, 11) is 1.86. The number of ether oxygens (including phenoxy) is 1. The summed E-state index contributed by atoms with van der Waals surface area (Å²) >= 11 is 3.46. The lowest BCUT2D eigenvalue weighted by Gasteiger charge is -2.13. The van der Waals surface area contributed by atoms with Crippen molar-refractivity contribution in [3.8, 4) is 5.88 Å². The normalized spacial score (nSPS) is 10.3. The van der Waals surface area contributed by atoms with Crippen molar-refractivity contribution in [3.05, 3.63) is 46.2 Å². The molecule has 20 heavy (non-hydrogen) atoms. The Labute approximate surface area is 127 Å². The Bertz CT molecular complexity index is 575. The molecule has 0 aliphatic rings. The molecule has 106 valence electrons. The predicted molar refractivity (Wildman–Crippen MR) is 84.0 cm³/mol. The van der Waals surface area contributed by atoms with E-state index in [-0.39, 0.29) is 0 Å². The van der Waals surface area contributed by atoms with Gasteiger partial charge >= 0.3 is 0 Å². The molecule has 1 N–H and O–H groups in total. The maximum atomic E-state index is 5.86. The van der Waals surface area contributed by atoms with Crippen LogP contribution in [0.15, 0.2) is 35.1 Å². The number of halogens is 1. The fourth-order valence-corrected chi connectivity index (χ4v) is 2.44. The van der Waals surface area contributed by atoms with Crippen LogP contribution in [0.3, 0.4) is 0 Å². The molecular weight excluding hydrogens is 318 g/mol. The highest BCUT2D eigenvalue weighted by Crippen LogP contribution is 2.24. The monoisotopic (exact) mass is 335 g/mol. The van der Waals surface area contributed by atoms with Gasteiger partial charge in [-0.15, -0.1) is 0 Å². The van der Waals surface area contributed by atoms with Crippen molar-refractivity contribution in [2.75, 3.05) is 12.4 Å². The van der Waals surface area contributed by atoms with Gasteiger partial charge in [-0.2, -0.15) is 0 Å². The molecule has 4 nitrogen and oxygen atoms in total. The van der Waals surface area contributed by atoms with Crippen molar-refractivity contribution in [1.29, 1.82) is 0 Å². The number of nitrogens with zero attached hydrogens (tertiary/aromatic N) is 2. The van der Waals surface area contributed by atoms with Crippen LogP contribution in [0.25, 0.3) is 0 Å². The van der Waals surface area contributed by atoms with Gasteiger partial charge in [-0.25, -0.2) is 9.97 Å². The number of benzene rings is 1. The quantitative estimate of drug-likeness (QED) is 0.871. The van der Waals surface area contributed by atoms with Crippen LogP contribution >= 0.6 is 15.9 Å². The topological polar surface area (TPSA) is 47.0 Å². The zero-order valence-corrected chi connectivity index (χ0v) is 13.3. The Kier molecular flexibility index (Phi) is 5.35. The molecule has 0 saturated carbocycles. The molecular formula is C15H18BrN3O. The van der Waals surface area contributed by atoms with E-state index in [0.29, 0.717) is 12.5 Å². The van der Waals surface area contributed by atoms with E-state index in [1.165, 1.54) is 6.33 Å². The Morgan fingerprint density at radius 1 is 1.30 bits per heavy atom. The van der Waals surface area contributed by atoms with Gasteiger partial charge in [0.25, 0.3) is 0 Å². The number of nitrogens with one attached hydrogen (secondary N) is 1. The molecule has 0 saturated heterocycles. The number of hydrogen-bond donors (Lipinski definition) is 1. The minimum absolute atomic E-state index is 0.496. The van der Waals surface area contributed by atoms with Gasteiger partial charge in [0.15, 0.2) is 0 Å². The van der Waals surface area contributed by atoms with E-state index in [1.807, 2.05) is 31.3 Å². The third-order valence-electron chi connectivity index (χ3n) is 2.91. The van der Waals surface area contributed by atoms with Crippen LogP contribution in [0.5, 0.6) is 5.88 Å². The molecule has 1 heterocycles. The summed E-state index contributed by atoms with van der Waals surface area (Å²) < 4.78 is 6.91. The molecule has 0 fully saturated rings. The predicted octanol–water partition coefficient (Wildman–Crippen LogP) is 3.81. The highest BCUT2D eigenvalue weighted by molar-refractivity contribution is 9.10. The molecule has 0 spiro atoms. The van der Waals surface area contributed by atoms with Crippen LogP contribution in [0.2, 0.25) is 0 Å². The third-order valence-corrected chi connectivity index (χ3v) is 3.40. The van der Waals surface area contributed by atoms with E-state index >= 15 is 0 Å². The van der Waals surface area contributed by atoms with E-state index in [0.717, 1.165) is 34.3 Å². The standard InChI is InChI=1S/C15H18BrN3O/c1-3-5-13-14(17-2)18-10-19-15(13)20-9-11-6-4-7-12(16)8-11/h4,6-8,10H,3,5,9H2,1-2H3,(H,17,18,19). The van der Waals surface area contributed by atoms with Crippen molar-refractivity contribution in [3.63, 3.8) is 0 Å². The van der Waals surface area contributed by atoms with E-state index in [9.17, 15) is 0 Å². The summed E-state index contributed by atoms with van der Waals surface area (Å²) in [5, 5.41) is 3.09. The zero-order chi connectivity index (χ0) is 14.4. The van der Waals surface area contributed by atoms with E-state index in [2.05, 4.69) is 38.1 Å². The average Bonchev–Trinajstić information content (AvgIpc) is 2.46. The van der Waals surface area contributed by atoms with Gasteiger partial charge < -0.3 is 10.1 Å².